The Bertz CT molecular complexity index is 667. The van der Waals surface area contributed by atoms with Crippen molar-refractivity contribution in [1.82, 2.24) is 4.31 Å². The van der Waals surface area contributed by atoms with Crippen LogP contribution >= 0.6 is 0 Å². The van der Waals surface area contributed by atoms with Crippen LogP contribution in [-0.2, 0) is 16.4 Å². The number of rotatable bonds is 6. The molecule has 0 spiro atoms. The molecule has 0 bridgehead atoms. The highest BCUT2D eigenvalue weighted by Gasteiger charge is 2.20. The van der Waals surface area contributed by atoms with E-state index in [0.717, 1.165) is 11.3 Å². The van der Waals surface area contributed by atoms with Crippen molar-refractivity contribution >= 4 is 15.7 Å². The van der Waals surface area contributed by atoms with Crippen LogP contribution in [0.5, 0.6) is 0 Å². The van der Waals surface area contributed by atoms with Crippen LogP contribution in [0.2, 0.25) is 0 Å². The number of hydrogen-bond donors (Lipinski definition) is 1. The summed E-state index contributed by atoms with van der Waals surface area (Å²) in [6.45, 7) is 0.458. The molecule has 0 heterocycles. The highest BCUT2D eigenvalue weighted by atomic mass is 32.2. The minimum atomic E-state index is -3.43. The first-order valence-electron chi connectivity index (χ1n) is 6.82. The molecule has 0 saturated heterocycles. The number of nitrogens with one attached hydrogen (secondary N) is 1. The van der Waals surface area contributed by atoms with Gasteiger partial charge in [0.25, 0.3) is 0 Å². The van der Waals surface area contributed by atoms with E-state index in [9.17, 15) is 8.42 Å². The summed E-state index contributed by atoms with van der Waals surface area (Å²) in [5.74, 6) is 0. The second-order valence-electron chi connectivity index (χ2n) is 4.84. The Hall–Kier alpha value is -1.85. The van der Waals surface area contributed by atoms with E-state index < -0.39 is 10.0 Å². The minimum Gasteiger partial charge on any atom is -0.388 e. The standard InChI is InChI=1S/C16H20N2O2S/c1-17-15-8-10-16(11-9-15)21(19,20)18(2)13-12-14-6-4-3-5-7-14/h3-11,17H,12-13H2,1-2H3. The van der Waals surface area contributed by atoms with Crippen molar-refractivity contribution in [3.05, 3.63) is 60.2 Å². The van der Waals surface area contributed by atoms with Crippen molar-refractivity contribution in [1.29, 1.82) is 0 Å². The topological polar surface area (TPSA) is 49.4 Å². The van der Waals surface area contributed by atoms with Gasteiger partial charge in [0.15, 0.2) is 0 Å². The number of hydrogen-bond acceptors (Lipinski definition) is 3. The predicted octanol–water partition coefficient (Wildman–Crippen LogP) is 2.59. The molecule has 0 unspecified atom stereocenters. The molecular formula is C16H20N2O2S. The molecule has 0 atom stereocenters. The first-order chi connectivity index (χ1) is 10.0. The maximum atomic E-state index is 12.5. The summed E-state index contributed by atoms with van der Waals surface area (Å²) in [7, 11) is -0.0121. The average molecular weight is 304 g/mol. The summed E-state index contributed by atoms with van der Waals surface area (Å²) in [6.07, 6.45) is 0.700. The van der Waals surface area contributed by atoms with Crippen LogP contribution in [0.25, 0.3) is 0 Å². The molecule has 1 N–H and O–H groups in total. The summed E-state index contributed by atoms with van der Waals surface area (Å²) >= 11 is 0. The fourth-order valence-electron chi connectivity index (χ4n) is 2.02. The number of anilines is 1. The fraction of sp³-hybridized carbons (Fsp3) is 0.250. The molecule has 21 heavy (non-hydrogen) atoms. The summed E-state index contributed by atoms with van der Waals surface area (Å²) in [4.78, 5) is 0.317. The zero-order valence-electron chi connectivity index (χ0n) is 12.3. The highest BCUT2D eigenvalue weighted by Crippen LogP contribution is 2.17. The third-order valence-electron chi connectivity index (χ3n) is 3.41. The number of likely N-dealkylation sites (N-methyl/N-ethyl adjacent to an activating group) is 1. The van der Waals surface area contributed by atoms with Crippen molar-refractivity contribution in [2.75, 3.05) is 26.0 Å². The molecule has 2 aromatic rings. The second-order valence-corrected chi connectivity index (χ2v) is 6.88. The van der Waals surface area contributed by atoms with Gasteiger partial charge < -0.3 is 5.32 Å². The van der Waals surface area contributed by atoms with E-state index in [2.05, 4.69) is 5.32 Å². The van der Waals surface area contributed by atoms with Gasteiger partial charge in [-0.05, 0) is 36.2 Å². The quantitative estimate of drug-likeness (QED) is 0.892. The monoisotopic (exact) mass is 304 g/mol. The summed E-state index contributed by atoms with van der Waals surface area (Å²) in [5.41, 5.74) is 2.02. The molecular weight excluding hydrogens is 284 g/mol. The van der Waals surface area contributed by atoms with Crippen molar-refractivity contribution < 1.29 is 8.42 Å². The molecule has 0 aliphatic carbocycles. The number of benzene rings is 2. The van der Waals surface area contributed by atoms with Crippen molar-refractivity contribution in [2.24, 2.45) is 0 Å². The van der Waals surface area contributed by atoms with Gasteiger partial charge in [-0.2, -0.15) is 0 Å². The van der Waals surface area contributed by atoms with E-state index in [0.29, 0.717) is 17.9 Å². The van der Waals surface area contributed by atoms with E-state index in [1.807, 2.05) is 30.3 Å². The Morgan fingerprint density at radius 2 is 1.62 bits per heavy atom. The van der Waals surface area contributed by atoms with Gasteiger partial charge in [-0.15, -0.1) is 0 Å². The molecule has 0 saturated carbocycles. The summed E-state index contributed by atoms with van der Waals surface area (Å²) in [5, 5.41) is 2.97. The van der Waals surface area contributed by atoms with Crippen molar-refractivity contribution in [3.63, 3.8) is 0 Å². The molecule has 4 nitrogen and oxygen atoms in total. The molecule has 2 rings (SSSR count). The smallest absolute Gasteiger partial charge is 0.242 e. The number of sulfonamides is 1. The largest absolute Gasteiger partial charge is 0.388 e. The minimum absolute atomic E-state index is 0.317. The van der Waals surface area contributed by atoms with Crippen LogP contribution in [0.3, 0.4) is 0 Å². The average Bonchev–Trinajstić information content (AvgIpc) is 2.53. The van der Waals surface area contributed by atoms with Crippen molar-refractivity contribution in [3.8, 4) is 0 Å². The van der Waals surface area contributed by atoms with Gasteiger partial charge in [0, 0.05) is 26.3 Å². The maximum Gasteiger partial charge on any atom is 0.242 e. The van der Waals surface area contributed by atoms with Gasteiger partial charge in [-0.25, -0.2) is 12.7 Å². The zero-order valence-corrected chi connectivity index (χ0v) is 13.1. The summed E-state index contributed by atoms with van der Waals surface area (Å²) < 4.78 is 26.3. The first-order valence-corrected chi connectivity index (χ1v) is 8.26. The van der Waals surface area contributed by atoms with Crippen LogP contribution in [0.4, 0.5) is 5.69 Å². The Morgan fingerprint density at radius 1 is 1.00 bits per heavy atom. The molecule has 0 radical (unpaired) electrons. The molecule has 2 aromatic carbocycles. The van der Waals surface area contributed by atoms with Crippen molar-refractivity contribution in [2.45, 2.75) is 11.3 Å². The third kappa shape index (κ3) is 3.83. The van der Waals surface area contributed by atoms with Gasteiger partial charge >= 0.3 is 0 Å². The molecule has 5 heteroatoms. The third-order valence-corrected chi connectivity index (χ3v) is 5.28. The van der Waals surface area contributed by atoms with E-state index in [1.54, 1.807) is 38.4 Å². The lowest BCUT2D eigenvalue weighted by Gasteiger charge is -2.17. The molecule has 0 amide bonds. The van der Waals surface area contributed by atoms with Gasteiger partial charge in [0.1, 0.15) is 0 Å². The normalized spacial score (nSPS) is 11.6. The van der Waals surface area contributed by atoms with E-state index >= 15 is 0 Å². The van der Waals surface area contributed by atoms with Crippen LogP contribution < -0.4 is 5.32 Å². The van der Waals surface area contributed by atoms with Gasteiger partial charge in [-0.1, -0.05) is 30.3 Å². The zero-order chi connectivity index (χ0) is 15.3. The SMILES string of the molecule is CNc1ccc(S(=O)(=O)N(C)CCc2ccccc2)cc1. The highest BCUT2D eigenvalue weighted by molar-refractivity contribution is 7.89. The number of nitrogens with zero attached hydrogens (tertiary/aromatic N) is 1. The molecule has 0 aliphatic rings. The molecule has 0 aromatic heterocycles. The van der Waals surface area contributed by atoms with Crippen LogP contribution in [0.15, 0.2) is 59.5 Å². The Labute approximate surface area is 126 Å². The molecule has 0 fully saturated rings. The van der Waals surface area contributed by atoms with E-state index in [4.69, 9.17) is 0 Å². The van der Waals surface area contributed by atoms with Gasteiger partial charge in [-0.3, -0.25) is 0 Å². The lowest BCUT2D eigenvalue weighted by molar-refractivity contribution is 0.472. The maximum absolute atomic E-state index is 12.5. The van der Waals surface area contributed by atoms with E-state index in [1.165, 1.54) is 4.31 Å². The van der Waals surface area contributed by atoms with Crippen LogP contribution in [-0.4, -0.2) is 33.4 Å². The van der Waals surface area contributed by atoms with Gasteiger partial charge in [0.2, 0.25) is 10.0 Å². The second kappa shape index (κ2) is 6.74. The molecule has 112 valence electrons. The lowest BCUT2D eigenvalue weighted by atomic mass is 10.2. The Kier molecular flexibility index (Phi) is 4.98. The van der Waals surface area contributed by atoms with Gasteiger partial charge in [0.05, 0.1) is 4.90 Å². The Morgan fingerprint density at radius 3 is 2.19 bits per heavy atom. The molecule has 0 aliphatic heterocycles. The predicted molar refractivity (Wildman–Crippen MR) is 86.0 cm³/mol. The van der Waals surface area contributed by atoms with E-state index in [-0.39, 0.29) is 0 Å². The fourth-order valence-corrected chi connectivity index (χ4v) is 3.20. The Balaban J connectivity index is 2.07. The van der Waals surface area contributed by atoms with Crippen LogP contribution in [0, 0.1) is 0 Å². The summed E-state index contributed by atoms with van der Waals surface area (Å²) in [6, 6.07) is 16.6. The lowest BCUT2D eigenvalue weighted by Crippen LogP contribution is -2.29. The first kappa shape index (κ1) is 15.5. The van der Waals surface area contributed by atoms with Crippen LogP contribution in [0.1, 0.15) is 5.56 Å².